The predicted molar refractivity (Wildman–Crippen MR) is 133 cm³/mol. The highest BCUT2D eigenvalue weighted by atomic mass is 15.3. The second-order valence-corrected chi connectivity index (χ2v) is 7.26. The van der Waals surface area contributed by atoms with Crippen LogP contribution in [0, 0.1) is 0 Å². The summed E-state index contributed by atoms with van der Waals surface area (Å²) in [5, 5.41) is 9.08. The van der Waals surface area contributed by atoms with E-state index in [4.69, 9.17) is 4.99 Å². The molecule has 6 heteroatoms. The fourth-order valence-corrected chi connectivity index (χ4v) is 3.80. The molecular formula is C25H32N6. The number of benzene rings is 2. The van der Waals surface area contributed by atoms with E-state index in [0.29, 0.717) is 0 Å². The van der Waals surface area contributed by atoms with Crippen LogP contribution >= 0.6 is 0 Å². The summed E-state index contributed by atoms with van der Waals surface area (Å²) in [5.74, 6) is 0.801. The summed E-state index contributed by atoms with van der Waals surface area (Å²) in [7, 11) is 1.50. The largest absolute Gasteiger partial charge is 0.370 e. The number of rotatable bonds is 5. The molecule has 1 saturated heterocycles. The first kappa shape index (κ1) is 22.3. The zero-order chi connectivity index (χ0) is 22.2. The standard InChI is InChI=1S/C24H27N5.CH5N/c1-4-21(27-19(3)29-23-13-7-5-11-20(23)17-25-29)18(2)26-22-12-6-8-14-24(22)28-15-9-10-16-28;1-2/h4-8,11-14,17,26H,2,9-10,15-16H2,1,3H3;2H2,1H3/b21-4-,27-19?;. The quantitative estimate of drug-likeness (QED) is 0.348. The lowest BCUT2D eigenvalue weighted by Crippen LogP contribution is -2.19. The smallest absolute Gasteiger partial charge is 0.128 e. The van der Waals surface area contributed by atoms with Gasteiger partial charge in [0.15, 0.2) is 0 Å². The lowest BCUT2D eigenvalue weighted by molar-refractivity contribution is 0.949. The molecule has 3 aromatic rings. The van der Waals surface area contributed by atoms with Crippen molar-refractivity contribution in [3.8, 4) is 0 Å². The van der Waals surface area contributed by atoms with Crippen LogP contribution in [-0.4, -0.2) is 35.8 Å². The summed E-state index contributed by atoms with van der Waals surface area (Å²) < 4.78 is 1.87. The van der Waals surface area contributed by atoms with Crippen molar-refractivity contribution in [2.75, 3.05) is 30.4 Å². The maximum absolute atomic E-state index is 4.81. The van der Waals surface area contributed by atoms with Gasteiger partial charge in [0.05, 0.1) is 34.5 Å². The van der Waals surface area contributed by atoms with Gasteiger partial charge in [-0.05, 0) is 51.9 Å². The number of allylic oxidation sites excluding steroid dienone is 1. The monoisotopic (exact) mass is 416 g/mol. The summed E-state index contributed by atoms with van der Waals surface area (Å²) in [4.78, 5) is 7.24. The number of hydrogen-bond acceptors (Lipinski definition) is 5. The number of aliphatic imine (C=N–C) groups is 1. The van der Waals surface area contributed by atoms with E-state index in [1.807, 2.05) is 42.9 Å². The number of nitrogens with zero attached hydrogens (tertiary/aromatic N) is 4. The maximum Gasteiger partial charge on any atom is 0.128 e. The van der Waals surface area contributed by atoms with Gasteiger partial charge in [-0.1, -0.05) is 43.0 Å². The van der Waals surface area contributed by atoms with Crippen molar-refractivity contribution in [2.24, 2.45) is 10.7 Å². The summed E-state index contributed by atoms with van der Waals surface area (Å²) in [6.07, 6.45) is 6.33. The molecule has 3 N–H and O–H groups in total. The number of para-hydroxylation sites is 3. The number of nitrogens with two attached hydrogens (primary N) is 1. The average molecular weight is 417 g/mol. The van der Waals surface area contributed by atoms with E-state index in [-0.39, 0.29) is 0 Å². The number of aromatic nitrogens is 2. The molecule has 0 spiro atoms. The van der Waals surface area contributed by atoms with Crippen molar-refractivity contribution in [1.29, 1.82) is 0 Å². The van der Waals surface area contributed by atoms with Crippen LogP contribution in [0.15, 0.2) is 83.8 Å². The Kier molecular flexibility index (Phi) is 7.62. The van der Waals surface area contributed by atoms with Crippen LogP contribution in [0.1, 0.15) is 26.7 Å². The van der Waals surface area contributed by atoms with Gasteiger partial charge in [0.25, 0.3) is 0 Å². The van der Waals surface area contributed by atoms with Crippen molar-refractivity contribution < 1.29 is 0 Å². The van der Waals surface area contributed by atoms with Gasteiger partial charge in [-0.3, -0.25) is 0 Å². The van der Waals surface area contributed by atoms with Crippen molar-refractivity contribution in [3.63, 3.8) is 0 Å². The second kappa shape index (κ2) is 10.6. The number of fused-ring (bicyclic) bond motifs is 1. The van der Waals surface area contributed by atoms with Crippen LogP contribution in [0.25, 0.3) is 10.9 Å². The molecule has 1 aromatic heterocycles. The van der Waals surface area contributed by atoms with Crippen LogP contribution in [0.2, 0.25) is 0 Å². The first-order chi connectivity index (χ1) is 15.2. The molecule has 4 rings (SSSR count). The van der Waals surface area contributed by atoms with Crippen molar-refractivity contribution in [2.45, 2.75) is 26.7 Å². The fourth-order valence-electron chi connectivity index (χ4n) is 3.80. The Labute approximate surface area is 184 Å². The molecule has 0 atom stereocenters. The minimum atomic E-state index is 0.773. The second-order valence-electron chi connectivity index (χ2n) is 7.26. The first-order valence-electron chi connectivity index (χ1n) is 10.7. The third kappa shape index (κ3) is 5.03. The molecule has 0 aliphatic carbocycles. The molecule has 1 fully saturated rings. The van der Waals surface area contributed by atoms with Crippen LogP contribution in [0.4, 0.5) is 11.4 Å². The van der Waals surface area contributed by atoms with Crippen molar-refractivity contribution >= 4 is 28.1 Å². The Balaban J connectivity index is 0.00000132. The van der Waals surface area contributed by atoms with Gasteiger partial charge in [-0.2, -0.15) is 5.10 Å². The SMILES string of the molecule is C=C(Nc1ccccc1N1CCCC1)/C(=C/C)N=C(C)n1ncc2ccccc21.CN. The summed E-state index contributed by atoms with van der Waals surface area (Å²) >= 11 is 0. The molecule has 1 aliphatic heterocycles. The molecule has 162 valence electrons. The van der Waals surface area contributed by atoms with Gasteiger partial charge in [0, 0.05) is 18.5 Å². The van der Waals surface area contributed by atoms with E-state index < -0.39 is 0 Å². The molecule has 0 unspecified atom stereocenters. The molecule has 1 aliphatic rings. The Morgan fingerprint density at radius 2 is 1.77 bits per heavy atom. The molecule has 0 radical (unpaired) electrons. The molecule has 2 heterocycles. The Morgan fingerprint density at radius 3 is 2.52 bits per heavy atom. The van der Waals surface area contributed by atoms with E-state index in [1.54, 1.807) is 0 Å². The van der Waals surface area contributed by atoms with Crippen molar-refractivity contribution in [1.82, 2.24) is 9.78 Å². The molecular weight excluding hydrogens is 384 g/mol. The third-order valence-corrected chi connectivity index (χ3v) is 5.28. The topological polar surface area (TPSA) is 71.5 Å². The number of nitrogens with one attached hydrogen (secondary N) is 1. The average Bonchev–Trinajstić information content (AvgIpc) is 3.49. The molecule has 0 bridgehead atoms. The number of hydrogen-bond donors (Lipinski definition) is 2. The molecule has 0 amide bonds. The molecule has 31 heavy (non-hydrogen) atoms. The first-order valence-corrected chi connectivity index (χ1v) is 10.7. The summed E-state index contributed by atoms with van der Waals surface area (Å²) in [6, 6.07) is 16.5. The zero-order valence-corrected chi connectivity index (χ0v) is 18.7. The van der Waals surface area contributed by atoms with Crippen LogP contribution in [0.5, 0.6) is 0 Å². The zero-order valence-electron chi connectivity index (χ0n) is 18.7. The lowest BCUT2D eigenvalue weighted by Gasteiger charge is -2.22. The molecule has 6 nitrogen and oxygen atoms in total. The lowest BCUT2D eigenvalue weighted by atomic mass is 10.2. The van der Waals surface area contributed by atoms with E-state index in [1.165, 1.54) is 25.6 Å². The molecule has 2 aromatic carbocycles. The van der Waals surface area contributed by atoms with E-state index in [0.717, 1.165) is 46.9 Å². The highest BCUT2D eigenvalue weighted by Gasteiger charge is 2.16. The van der Waals surface area contributed by atoms with Crippen LogP contribution in [-0.2, 0) is 0 Å². The molecule has 0 saturated carbocycles. The fraction of sp³-hybridized carbons (Fsp3) is 0.280. The highest BCUT2D eigenvalue weighted by Crippen LogP contribution is 2.30. The maximum atomic E-state index is 4.81. The summed E-state index contributed by atoms with van der Waals surface area (Å²) in [5.41, 5.74) is 9.41. The van der Waals surface area contributed by atoms with E-state index in [2.05, 4.69) is 64.0 Å². The van der Waals surface area contributed by atoms with Gasteiger partial charge in [0.2, 0.25) is 0 Å². The van der Waals surface area contributed by atoms with Crippen molar-refractivity contribution in [3.05, 3.63) is 78.8 Å². The minimum absolute atomic E-state index is 0.773. The van der Waals surface area contributed by atoms with E-state index in [9.17, 15) is 0 Å². The summed E-state index contributed by atoms with van der Waals surface area (Å²) in [6.45, 7) is 10.4. The highest BCUT2D eigenvalue weighted by molar-refractivity contribution is 5.93. The van der Waals surface area contributed by atoms with E-state index >= 15 is 0 Å². The Morgan fingerprint density at radius 1 is 1.10 bits per heavy atom. The van der Waals surface area contributed by atoms with Gasteiger partial charge >= 0.3 is 0 Å². The van der Waals surface area contributed by atoms with Gasteiger partial charge in [-0.15, -0.1) is 0 Å². The minimum Gasteiger partial charge on any atom is -0.370 e. The van der Waals surface area contributed by atoms with Gasteiger partial charge in [0.1, 0.15) is 5.84 Å². The van der Waals surface area contributed by atoms with Gasteiger partial charge < -0.3 is 16.0 Å². The van der Waals surface area contributed by atoms with Crippen LogP contribution in [0.3, 0.4) is 0 Å². The normalized spacial score (nSPS) is 14.4. The Bertz CT molecular complexity index is 1090. The third-order valence-electron chi connectivity index (χ3n) is 5.28. The van der Waals surface area contributed by atoms with Gasteiger partial charge in [-0.25, -0.2) is 9.67 Å². The number of anilines is 2. The van der Waals surface area contributed by atoms with Crippen LogP contribution < -0.4 is 16.0 Å². The Hall–Kier alpha value is -3.38. The predicted octanol–water partition coefficient (Wildman–Crippen LogP) is 5.01.